The summed E-state index contributed by atoms with van der Waals surface area (Å²) in [5, 5.41) is 8.54. The largest absolute Gasteiger partial charge is 0.484 e. The summed E-state index contributed by atoms with van der Waals surface area (Å²) in [6, 6.07) is 7.45. The van der Waals surface area contributed by atoms with Crippen molar-refractivity contribution in [3.8, 4) is 5.75 Å². The lowest BCUT2D eigenvalue weighted by atomic mass is 10.2. The lowest BCUT2D eigenvalue weighted by Crippen LogP contribution is -2.35. The molecule has 0 fully saturated rings. The zero-order valence-corrected chi connectivity index (χ0v) is 10.5. The van der Waals surface area contributed by atoms with Gasteiger partial charge in [0.05, 0.1) is 0 Å². The summed E-state index contributed by atoms with van der Waals surface area (Å²) in [5.41, 5.74) is 1.19. The molecule has 1 aromatic carbocycles. The topological polar surface area (TPSA) is 66.8 Å². The summed E-state index contributed by atoms with van der Waals surface area (Å²) in [6.07, 6.45) is 0.945. The van der Waals surface area contributed by atoms with E-state index in [1.807, 2.05) is 12.1 Å². The van der Waals surface area contributed by atoms with E-state index in [2.05, 4.69) is 6.92 Å². The van der Waals surface area contributed by atoms with Crippen molar-refractivity contribution in [2.24, 2.45) is 0 Å². The van der Waals surface area contributed by atoms with Crippen molar-refractivity contribution >= 4 is 11.9 Å². The van der Waals surface area contributed by atoms with Crippen LogP contribution in [0.3, 0.4) is 0 Å². The van der Waals surface area contributed by atoms with Gasteiger partial charge in [-0.15, -0.1) is 0 Å². The third kappa shape index (κ3) is 4.45. The van der Waals surface area contributed by atoms with E-state index in [-0.39, 0.29) is 19.1 Å². The molecule has 1 rings (SSSR count). The molecule has 1 N–H and O–H groups in total. The van der Waals surface area contributed by atoms with Gasteiger partial charge in [-0.2, -0.15) is 0 Å². The van der Waals surface area contributed by atoms with Crippen molar-refractivity contribution < 1.29 is 19.4 Å². The summed E-state index contributed by atoms with van der Waals surface area (Å²) in [6.45, 7) is 1.58. The van der Waals surface area contributed by atoms with Crippen molar-refractivity contribution in [1.82, 2.24) is 4.90 Å². The van der Waals surface area contributed by atoms with Gasteiger partial charge in [0.25, 0.3) is 5.91 Å². The highest BCUT2D eigenvalue weighted by Crippen LogP contribution is 2.12. The highest BCUT2D eigenvalue weighted by atomic mass is 16.5. The fourth-order valence-corrected chi connectivity index (χ4v) is 1.37. The van der Waals surface area contributed by atoms with E-state index in [1.54, 1.807) is 12.1 Å². The van der Waals surface area contributed by atoms with Crippen molar-refractivity contribution in [1.29, 1.82) is 0 Å². The number of nitrogens with zero attached hydrogens (tertiary/aromatic N) is 1. The Kier molecular flexibility index (Phi) is 5.17. The van der Waals surface area contributed by atoms with Gasteiger partial charge in [0.15, 0.2) is 6.61 Å². The number of aryl methyl sites for hydroxylation is 1. The van der Waals surface area contributed by atoms with Gasteiger partial charge in [-0.1, -0.05) is 19.1 Å². The van der Waals surface area contributed by atoms with Crippen molar-refractivity contribution in [2.75, 3.05) is 20.2 Å². The van der Waals surface area contributed by atoms with Crippen LogP contribution < -0.4 is 4.74 Å². The second-order valence-corrected chi connectivity index (χ2v) is 3.93. The van der Waals surface area contributed by atoms with E-state index in [0.29, 0.717) is 5.75 Å². The lowest BCUT2D eigenvalue weighted by molar-refractivity contribution is -0.144. The fourth-order valence-electron chi connectivity index (χ4n) is 1.37. The molecule has 18 heavy (non-hydrogen) atoms. The van der Waals surface area contributed by atoms with Gasteiger partial charge in [-0.3, -0.25) is 9.59 Å². The Morgan fingerprint density at radius 1 is 1.28 bits per heavy atom. The number of benzene rings is 1. The maximum absolute atomic E-state index is 11.5. The molecular weight excluding hydrogens is 234 g/mol. The summed E-state index contributed by atoms with van der Waals surface area (Å²) >= 11 is 0. The number of hydrogen-bond acceptors (Lipinski definition) is 3. The van der Waals surface area contributed by atoms with E-state index in [4.69, 9.17) is 9.84 Å². The summed E-state index contributed by atoms with van der Waals surface area (Å²) in [5.74, 6) is -0.806. The zero-order valence-electron chi connectivity index (χ0n) is 10.5. The first-order valence-electron chi connectivity index (χ1n) is 5.70. The SMILES string of the molecule is CCc1ccc(OCC(=O)N(C)CC(=O)O)cc1. The number of carboxylic acids is 1. The number of aliphatic carboxylic acids is 1. The first kappa shape index (κ1) is 14.0. The molecule has 1 amide bonds. The molecule has 98 valence electrons. The Hall–Kier alpha value is -2.04. The maximum atomic E-state index is 11.5. The Morgan fingerprint density at radius 3 is 2.39 bits per heavy atom. The van der Waals surface area contributed by atoms with Crippen molar-refractivity contribution in [3.63, 3.8) is 0 Å². The smallest absolute Gasteiger partial charge is 0.323 e. The Balaban J connectivity index is 2.44. The van der Waals surface area contributed by atoms with Crippen LogP contribution in [-0.4, -0.2) is 42.1 Å². The van der Waals surface area contributed by atoms with E-state index in [0.717, 1.165) is 11.3 Å². The molecule has 0 saturated heterocycles. The van der Waals surface area contributed by atoms with Crippen molar-refractivity contribution in [3.05, 3.63) is 29.8 Å². The molecular formula is C13H17NO4. The predicted molar refractivity (Wildman–Crippen MR) is 66.6 cm³/mol. The second kappa shape index (κ2) is 6.64. The summed E-state index contributed by atoms with van der Waals surface area (Å²) in [4.78, 5) is 23.1. The quantitative estimate of drug-likeness (QED) is 0.824. The number of amides is 1. The Labute approximate surface area is 106 Å². The average Bonchev–Trinajstić information content (AvgIpc) is 2.35. The van der Waals surface area contributed by atoms with Crippen LogP contribution in [0.5, 0.6) is 5.75 Å². The van der Waals surface area contributed by atoms with Crippen LogP contribution in [0.2, 0.25) is 0 Å². The Bertz CT molecular complexity index is 414. The van der Waals surface area contributed by atoms with E-state index < -0.39 is 5.97 Å². The first-order valence-corrected chi connectivity index (χ1v) is 5.70. The van der Waals surface area contributed by atoms with Crippen LogP contribution >= 0.6 is 0 Å². The predicted octanol–water partition coefficient (Wildman–Crippen LogP) is 1.17. The van der Waals surface area contributed by atoms with Gasteiger partial charge < -0.3 is 14.7 Å². The van der Waals surface area contributed by atoms with Crippen LogP contribution in [-0.2, 0) is 16.0 Å². The molecule has 0 atom stereocenters. The van der Waals surface area contributed by atoms with Gasteiger partial charge in [0, 0.05) is 7.05 Å². The van der Waals surface area contributed by atoms with E-state index in [1.165, 1.54) is 12.6 Å². The molecule has 1 aromatic rings. The normalized spacial score (nSPS) is 9.89. The van der Waals surface area contributed by atoms with Gasteiger partial charge in [-0.05, 0) is 24.1 Å². The molecule has 0 radical (unpaired) electrons. The third-order valence-corrected chi connectivity index (χ3v) is 2.49. The van der Waals surface area contributed by atoms with Crippen LogP contribution in [0.25, 0.3) is 0 Å². The fraction of sp³-hybridized carbons (Fsp3) is 0.385. The molecule has 0 aliphatic carbocycles. The number of carbonyl (C=O) groups is 2. The molecule has 5 nitrogen and oxygen atoms in total. The molecule has 0 saturated carbocycles. The van der Waals surface area contributed by atoms with Crippen LogP contribution in [0.15, 0.2) is 24.3 Å². The van der Waals surface area contributed by atoms with Gasteiger partial charge in [-0.25, -0.2) is 0 Å². The standard InChI is InChI=1S/C13H17NO4/c1-3-10-4-6-11(7-5-10)18-9-12(15)14(2)8-13(16)17/h4-7H,3,8-9H2,1-2H3,(H,16,17). The summed E-state index contributed by atoms with van der Waals surface area (Å²) in [7, 11) is 1.43. The highest BCUT2D eigenvalue weighted by molar-refractivity contribution is 5.82. The third-order valence-electron chi connectivity index (χ3n) is 2.49. The number of carboxylic acid groups (broad SMARTS) is 1. The van der Waals surface area contributed by atoms with Crippen LogP contribution in [0.4, 0.5) is 0 Å². The number of rotatable bonds is 6. The number of carbonyl (C=O) groups excluding carboxylic acids is 1. The molecule has 0 aliphatic rings. The number of hydrogen-bond donors (Lipinski definition) is 1. The molecule has 0 spiro atoms. The summed E-state index contributed by atoms with van der Waals surface area (Å²) < 4.78 is 5.29. The molecule has 0 aliphatic heterocycles. The molecule has 0 unspecified atom stereocenters. The molecule has 5 heteroatoms. The lowest BCUT2D eigenvalue weighted by Gasteiger charge is -2.14. The highest BCUT2D eigenvalue weighted by Gasteiger charge is 2.12. The van der Waals surface area contributed by atoms with E-state index in [9.17, 15) is 9.59 Å². The minimum absolute atomic E-state index is 0.157. The Morgan fingerprint density at radius 2 is 1.89 bits per heavy atom. The van der Waals surface area contributed by atoms with Crippen LogP contribution in [0.1, 0.15) is 12.5 Å². The van der Waals surface area contributed by atoms with Crippen molar-refractivity contribution in [2.45, 2.75) is 13.3 Å². The molecule has 0 heterocycles. The zero-order chi connectivity index (χ0) is 13.5. The monoisotopic (exact) mass is 251 g/mol. The first-order chi connectivity index (χ1) is 8.52. The number of ether oxygens (including phenoxy) is 1. The molecule has 0 aromatic heterocycles. The van der Waals surface area contributed by atoms with Gasteiger partial charge in [0.2, 0.25) is 0 Å². The minimum Gasteiger partial charge on any atom is -0.484 e. The van der Waals surface area contributed by atoms with Gasteiger partial charge in [0.1, 0.15) is 12.3 Å². The number of likely N-dealkylation sites (N-methyl/N-ethyl adjacent to an activating group) is 1. The minimum atomic E-state index is -1.04. The van der Waals surface area contributed by atoms with Crippen LogP contribution in [0, 0.1) is 0 Å². The maximum Gasteiger partial charge on any atom is 0.323 e. The van der Waals surface area contributed by atoms with E-state index >= 15 is 0 Å². The molecule has 0 bridgehead atoms. The van der Waals surface area contributed by atoms with Gasteiger partial charge >= 0.3 is 5.97 Å². The average molecular weight is 251 g/mol. The second-order valence-electron chi connectivity index (χ2n) is 3.93.